The lowest BCUT2D eigenvalue weighted by molar-refractivity contribution is 0.183. The van der Waals surface area contributed by atoms with Crippen molar-refractivity contribution in [2.75, 3.05) is 18.5 Å². The van der Waals surface area contributed by atoms with Crippen LogP contribution < -0.4 is 5.32 Å². The van der Waals surface area contributed by atoms with Gasteiger partial charge in [0.25, 0.3) is 0 Å². The van der Waals surface area contributed by atoms with Gasteiger partial charge in [-0.25, -0.2) is 4.98 Å². The Balaban J connectivity index is 1.97. The Morgan fingerprint density at radius 3 is 2.67 bits per heavy atom. The molecule has 0 spiro atoms. The Kier molecular flexibility index (Phi) is 3.91. The molecule has 1 saturated heterocycles. The Labute approximate surface area is 110 Å². The first-order valence-electron chi connectivity index (χ1n) is 6.77. The van der Waals surface area contributed by atoms with E-state index in [2.05, 4.69) is 50.1 Å². The second kappa shape index (κ2) is 5.27. The summed E-state index contributed by atoms with van der Waals surface area (Å²) >= 11 is 0. The van der Waals surface area contributed by atoms with Crippen LogP contribution in [0.3, 0.4) is 0 Å². The van der Waals surface area contributed by atoms with Crippen LogP contribution >= 0.6 is 0 Å². The fourth-order valence-electron chi connectivity index (χ4n) is 2.22. The van der Waals surface area contributed by atoms with Gasteiger partial charge in [-0.05, 0) is 30.4 Å². The van der Waals surface area contributed by atoms with Gasteiger partial charge < -0.3 is 10.1 Å². The molecule has 0 aromatic carbocycles. The molecule has 0 radical (unpaired) electrons. The van der Waals surface area contributed by atoms with Gasteiger partial charge in [0.2, 0.25) is 0 Å². The quantitative estimate of drug-likeness (QED) is 0.892. The number of hydrogen-bond acceptors (Lipinski definition) is 3. The molecule has 3 nitrogen and oxygen atoms in total. The van der Waals surface area contributed by atoms with Crippen LogP contribution in [-0.2, 0) is 10.2 Å². The van der Waals surface area contributed by atoms with Crippen LogP contribution in [0.2, 0.25) is 0 Å². The summed E-state index contributed by atoms with van der Waals surface area (Å²) in [7, 11) is 0. The van der Waals surface area contributed by atoms with E-state index < -0.39 is 0 Å². The summed E-state index contributed by atoms with van der Waals surface area (Å²) < 4.78 is 5.42. The van der Waals surface area contributed by atoms with Gasteiger partial charge in [0.15, 0.2) is 0 Å². The highest BCUT2D eigenvalue weighted by Gasteiger charge is 2.22. The number of rotatable bonds is 3. The van der Waals surface area contributed by atoms with Crippen LogP contribution in [0.5, 0.6) is 0 Å². The van der Waals surface area contributed by atoms with E-state index in [0.717, 1.165) is 25.5 Å². The molecule has 2 unspecified atom stereocenters. The average Bonchev–Trinajstić information content (AvgIpc) is 2.82. The summed E-state index contributed by atoms with van der Waals surface area (Å²) in [5, 5.41) is 3.47. The number of hydrogen-bond donors (Lipinski definition) is 1. The number of aromatic nitrogens is 1. The molecule has 2 rings (SSSR count). The fourth-order valence-corrected chi connectivity index (χ4v) is 2.22. The molecule has 0 saturated carbocycles. The molecule has 0 bridgehead atoms. The topological polar surface area (TPSA) is 34.2 Å². The third-order valence-corrected chi connectivity index (χ3v) is 3.68. The zero-order chi connectivity index (χ0) is 13.2. The zero-order valence-corrected chi connectivity index (χ0v) is 11.9. The van der Waals surface area contributed by atoms with Crippen molar-refractivity contribution in [2.24, 2.45) is 5.92 Å². The second-order valence-corrected chi connectivity index (χ2v) is 6.24. The molecule has 0 amide bonds. The number of nitrogens with zero attached hydrogens (tertiary/aromatic N) is 1. The Bertz CT molecular complexity index is 374. The third-order valence-electron chi connectivity index (χ3n) is 3.68. The number of anilines is 1. The monoisotopic (exact) mass is 248 g/mol. The highest BCUT2D eigenvalue weighted by Crippen LogP contribution is 2.23. The van der Waals surface area contributed by atoms with Gasteiger partial charge in [-0.2, -0.15) is 0 Å². The van der Waals surface area contributed by atoms with Gasteiger partial charge in [-0.15, -0.1) is 0 Å². The molecule has 0 aliphatic carbocycles. The van der Waals surface area contributed by atoms with Crippen LogP contribution in [-0.4, -0.2) is 24.2 Å². The van der Waals surface area contributed by atoms with Crippen molar-refractivity contribution in [3.8, 4) is 0 Å². The second-order valence-electron chi connectivity index (χ2n) is 6.24. The first-order valence-corrected chi connectivity index (χ1v) is 6.77. The molecule has 1 N–H and O–H groups in total. The number of ether oxygens (including phenoxy) is 1. The molecule has 3 heteroatoms. The highest BCUT2D eigenvalue weighted by molar-refractivity contribution is 5.38. The van der Waals surface area contributed by atoms with E-state index in [-0.39, 0.29) is 5.41 Å². The van der Waals surface area contributed by atoms with Gasteiger partial charge in [0.05, 0.1) is 6.61 Å². The van der Waals surface area contributed by atoms with Crippen molar-refractivity contribution in [3.63, 3.8) is 0 Å². The standard InChI is InChI=1S/C15H24N2O/c1-11(12-7-8-18-10-12)17-14-6-5-13(9-16-14)15(2,3)4/h5-6,9,11-12H,7-8,10H2,1-4H3,(H,16,17). The summed E-state index contributed by atoms with van der Waals surface area (Å²) in [4.78, 5) is 4.50. The SMILES string of the molecule is CC(Nc1ccc(C(C)(C)C)cn1)C1CCOC1. The lowest BCUT2D eigenvalue weighted by Crippen LogP contribution is -2.26. The van der Waals surface area contributed by atoms with E-state index in [1.54, 1.807) is 0 Å². The summed E-state index contributed by atoms with van der Waals surface area (Å²) in [6.45, 7) is 10.6. The maximum Gasteiger partial charge on any atom is 0.126 e. The maximum absolute atomic E-state index is 5.42. The molecular weight excluding hydrogens is 224 g/mol. The summed E-state index contributed by atoms with van der Waals surface area (Å²) in [6, 6.07) is 4.65. The number of nitrogens with one attached hydrogen (secondary N) is 1. The Morgan fingerprint density at radius 1 is 1.39 bits per heavy atom. The van der Waals surface area contributed by atoms with E-state index in [9.17, 15) is 0 Å². The average molecular weight is 248 g/mol. The molecule has 1 aromatic heterocycles. The Hall–Kier alpha value is -1.09. The molecule has 100 valence electrons. The van der Waals surface area contributed by atoms with E-state index >= 15 is 0 Å². The minimum atomic E-state index is 0.163. The van der Waals surface area contributed by atoms with Crippen molar-refractivity contribution >= 4 is 5.82 Å². The van der Waals surface area contributed by atoms with Crippen LogP contribution in [0.15, 0.2) is 18.3 Å². The van der Waals surface area contributed by atoms with Crippen LogP contribution in [0.4, 0.5) is 5.82 Å². The van der Waals surface area contributed by atoms with E-state index in [4.69, 9.17) is 4.74 Å². The van der Waals surface area contributed by atoms with E-state index in [1.165, 1.54) is 5.56 Å². The minimum absolute atomic E-state index is 0.163. The number of pyridine rings is 1. The van der Waals surface area contributed by atoms with Crippen LogP contribution in [0, 0.1) is 5.92 Å². The lowest BCUT2D eigenvalue weighted by Gasteiger charge is -2.21. The van der Waals surface area contributed by atoms with Gasteiger partial charge in [0.1, 0.15) is 5.82 Å². The van der Waals surface area contributed by atoms with E-state index in [1.807, 2.05) is 6.20 Å². The highest BCUT2D eigenvalue weighted by atomic mass is 16.5. The predicted octanol–water partition coefficient (Wildman–Crippen LogP) is 3.22. The van der Waals surface area contributed by atoms with Crippen LogP contribution in [0.25, 0.3) is 0 Å². The lowest BCUT2D eigenvalue weighted by atomic mass is 9.88. The predicted molar refractivity (Wildman–Crippen MR) is 74.9 cm³/mol. The maximum atomic E-state index is 5.42. The minimum Gasteiger partial charge on any atom is -0.381 e. The molecule has 2 heterocycles. The summed E-state index contributed by atoms with van der Waals surface area (Å²) in [5.74, 6) is 1.57. The van der Waals surface area contributed by atoms with E-state index in [0.29, 0.717) is 12.0 Å². The Morgan fingerprint density at radius 2 is 2.17 bits per heavy atom. The zero-order valence-electron chi connectivity index (χ0n) is 11.9. The smallest absolute Gasteiger partial charge is 0.126 e. The summed E-state index contributed by atoms with van der Waals surface area (Å²) in [6.07, 6.45) is 3.12. The molecule has 1 aromatic rings. The first-order chi connectivity index (χ1) is 8.47. The molecule has 1 fully saturated rings. The molecule has 2 atom stereocenters. The van der Waals surface area contributed by atoms with Crippen molar-refractivity contribution in [1.82, 2.24) is 4.98 Å². The molecule has 1 aliphatic rings. The van der Waals surface area contributed by atoms with Crippen molar-refractivity contribution in [2.45, 2.75) is 45.6 Å². The largest absolute Gasteiger partial charge is 0.381 e. The van der Waals surface area contributed by atoms with Gasteiger partial charge >= 0.3 is 0 Å². The fraction of sp³-hybridized carbons (Fsp3) is 0.667. The van der Waals surface area contributed by atoms with Gasteiger partial charge in [0, 0.05) is 24.8 Å². The van der Waals surface area contributed by atoms with Crippen molar-refractivity contribution in [1.29, 1.82) is 0 Å². The van der Waals surface area contributed by atoms with Crippen LogP contribution in [0.1, 0.15) is 39.7 Å². The van der Waals surface area contributed by atoms with Crippen molar-refractivity contribution in [3.05, 3.63) is 23.9 Å². The normalized spacial score (nSPS) is 21.9. The molecule has 18 heavy (non-hydrogen) atoms. The first kappa shape index (κ1) is 13.3. The molecule has 1 aliphatic heterocycles. The van der Waals surface area contributed by atoms with Gasteiger partial charge in [-0.3, -0.25) is 0 Å². The summed E-state index contributed by atoms with van der Waals surface area (Å²) in [5.41, 5.74) is 1.43. The van der Waals surface area contributed by atoms with Gasteiger partial charge in [-0.1, -0.05) is 26.8 Å². The molecular formula is C15H24N2O. The van der Waals surface area contributed by atoms with Crippen molar-refractivity contribution < 1.29 is 4.74 Å². The third kappa shape index (κ3) is 3.22.